The number of fused-ring (bicyclic) bond motifs is 1. The highest BCUT2D eigenvalue weighted by Crippen LogP contribution is 2.33. The maximum atomic E-state index is 12.2. The second-order valence-electron chi connectivity index (χ2n) is 4.67. The fourth-order valence-electron chi connectivity index (χ4n) is 1.69. The number of aliphatic hydroxyl groups is 2. The van der Waals surface area contributed by atoms with E-state index in [1.807, 2.05) is 24.3 Å². The molecule has 0 radical (unpaired) electrons. The molecule has 0 fully saturated rings. The Kier molecular flexibility index (Phi) is 3.75. The van der Waals surface area contributed by atoms with Gasteiger partial charge in [0.1, 0.15) is 4.88 Å². The van der Waals surface area contributed by atoms with Crippen LogP contribution in [0.2, 0.25) is 0 Å². The summed E-state index contributed by atoms with van der Waals surface area (Å²) in [7, 11) is 0. The maximum Gasteiger partial charge on any atom is 0.264 e. The van der Waals surface area contributed by atoms with Crippen molar-refractivity contribution in [3.63, 3.8) is 0 Å². The third kappa shape index (κ3) is 2.56. The summed E-state index contributed by atoms with van der Waals surface area (Å²) < 4.78 is 0.930. The van der Waals surface area contributed by atoms with Gasteiger partial charge in [0.15, 0.2) is 0 Å². The Hall–Kier alpha value is -1.63. The molecule has 0 saturated heterocycles. The first-order valence-electron chi connectivity index (χ1n) is 5.82. The monoisotopic (exact) mass is 280 g/mol. The van der Waals surface area contributed by atoms with Crippen LogP contribution in [0.4, 0.5) is 5.69 Å². The highest BCUT2D eigenvalue weighted by atomic mass is 32.1. The van der Waals surface area contributed by atoms with Gasteiger partial charge in [-0.05, 0) is 13.0 Å². The fraction of sp³-hybridized carbons (Fsp3) is 0.308. The minimum absolute atomic E-state index is 0.347. The summed E-state index contributed by atoms with van der Waals surface area (Å²) >= 11 is 1.29. The topological polar surface area (TPSA) is 95.6 Å². The average Bonchev–Trinajstić information content (AvgIpc) is 2.76. The molecule has 102 valence electrons. The number of carbonyl (C=O) groups excluding carboxylic acids is 1. The van der Waals surface area contributed by atoms with E-state index < -0.39 is 5.54 Å². The summed E-state index contributed by atoms with van der Waals surface area (Å²) in [4.78, 5) is 12.6. The number of amides is 1. The van der Waals surface area contributed by atoms with E-state index in [0.717, 1.165) is 10.1 Å². The first kappa shape index (κ1) is 13.8. The third-order valence-corrected chi connectivity index (χ3v) is 4.14. The number of anilines is 1. The van der Waals surface area contributed by atoms with Crippen LogP contribution in [-0.4, -0.2) is 34.9 Å². The van der Waals surface area contributed by atoms with Crippen molar-refractivity contribution in [1.82, 2.24) is 5.32 Å². The Bertz CT molecular complexity index is 605. The minimum Gasteiger partial charge on any atom is -0.397 e. The molecule has 0 aliphatic rings. The highest BCUT2D eigenvalue weighted by Gasteiger charge is 2.27. The van der Waals surface area contributed by atoms with Crippen LogP contribution in [0, 0.1) is 0 Å². The van der Waals surface area contributed by atoms with Crippen LogP contribution in [0.15, 0.2) is 24.3 Å². The Labute approximate surface area is 114 Å². The van der Waals surface area contributed by atoms with Crippen LogP contribution >= 0.6 is 11.3 Å². The fourth-order valence-corrected chi connectivity index (χ4v) is 2.71. The van der Waals surface area contributed by atoms with Crippen molar-refractivity contribution < 1.29 is 15.0 Å². The second kappa shape index (κ2) is 5.16. The summed E-state index contributed by atoms with van der Waals surface area (Å²) in [6.07, 6.45) is 0. The number of hydrogen-bond donors (Lipinski definition) is 4. The van der Waals surface area contributed by atoms with Crippen LogP contribution < -0.4 is 11.1 Å². The van der Waals surface area contributed by atoms with Gasteiger partial charge in [-0.2, -0.15) is 0 Å². The van der Waals surface area contributed by atoms with Crippen molar-refractivity contribution in [3.05, 3.63) is 29.1 Å². The standard InChI is InChI=1S/C13H16N2O3S/c1-13(6-16,7-17)15-12(18)11-10(14)8-4-2-3-5-9(8)19-11/h2-5,16-17H,6-7,14H2,1H3,(H,15,18). The lowest BCUT2D eigenvalue weighted by molar-refractivity contribution is 0.0728. The molecule has 1 aromatic carbocycles. The van der Waals surface area contributed by atoms with Gasteiger partial charge in [-0.15, -0.1) is 11.3 Å². The largest absolute Gasteiger partial charge is 0.397 e. The van der Waals surface area contributed by atoms with Gasteiger partial charge in [0.25, 0.3) is 5.91 Å². The van der Waals surface area contributed by atoms with E-state index in [-0.39, 0.29) is 19.1 Å². The third-order valence-electron chi connectivity index (χ3n) is 2.95. The van der Waals surface area contributed by atoms with Crippen LogP contribution in [0.3, 0.4) is 0 Å². The normalized spacial score (nSPS) is 11.7. The predicted octanol–water partition coefficient (Wildman–Crippen LogP) is 0.957. The molecule has 2 aromatic rings. The molecule has 0 unspecified atom stereocenters. The Balaban J connectivity index is 2.34. The molecule has 0 atom stereocenters. The van der Waals surface area contributed by atoms with Gasteiger partial charge in [0.2, 0.25) is 0 Å². The van der Waals surface area contributed by atoms with Crippen molar-refractivity contribution in [2.45, 2.75) is 12.5 Å². The van der Waals surface area contributed by atoms with E-state index >= 15 is 0 Å². The molecular weight excluding hydrogens is 264 g/mol. The summed E-state index contributed by atoms with van der Waals surface area (Å²) in [5.74, 6) is -0.385. The zero-order valence-electron chi connectivity index (χ0n) is 10.5. The summed E-state index contributed by atoms with van der Waals surface area (Å²) in [6.45, 7) is 0.870. The molecule has 6 heteroatoms. The number of nitrogen functional groups attached to an aromatic ring is 1. The summed E-state index contributed by atoms with van der Waals surface area (Å²) in [5, 5.41) is 21.8. The number of rotatable bonds is 4. The zero-order chi connectivity index (χ0) is 14.0. The highest BCUT2D eigenvalue weighted by molar-refractivity contribution is 7.21. The number of hydrogen-bond acceptors (Lipinski definition) is 5. The number of nitrogens with one attached hydrogen (secondary N) is 1. The van der Waals surface area contributed by atoms with E-state index in [9.17, 15) is 15.0 Å². The second-order valence-corrected chi connectivity index (χ2v) is 5.72. The lowest BCUT2D eigenvalue weighted by atomic mass is 10.1. The first-order valence-corrected chi connectivity index (χ1v) is 6.63. The molecule has 5 N–H and O–H groups in total. The molecule has 2 rings (SSSR count). The number of benzene rings is 1. The molecule has 19 heavy (non-hydrogen) atoms. The molecule has 1 amide bonds. The Morgan fingerprint density at radius 3 is 2.58 bits per heavy atom. The van der Waals surface area contributed by atoms with E-state index in [2.05, 4.69) is 5.32 Å². The van der Waals surface area contributed by atoms with Gasteiger partial charge in [0.05, 0.1) is 24.4 Å². The van der Waals surface area contributed by atoms with Gasteiger partial charge >= 0.3 is 0 Å². The molecule has 0 aliphatic carbocycles. The van der Waals surface area contributed by atoms with Crippen LogP contribution in [0.5, 0.6) is 0 Å². The quantitative estimate of drug-likeness (QED) is 0.670. The lowest BCUT2D eigenvalue weighted by Crippen LogP contribution is -2.51. The molecule has 0 spiro atoms. The van der Waals surface area contributed by atoms with Gasteiger partial charge < -0.3 is 21.3 Å². The first-order chi connectivity index (χ1) is 9.00. The smallest absolute Gasteiger partial charge is 0.264 e. The van der Waals surface area contributed by atoms with Gasteiger partial charge in [-0.3, -0.25) is 4.79 Å². The van der Waals surface area contributed by atoms with Crippen molar-refractivity contribution in [2.75, 3.05) is 18.9 Å². The summed E-state index contributed by atoms with van der Waals surface area (Å²) in [6, 6.07) is 7.49. The number of nitrogens with two attached hydrogens (primary N) is 1. The van der Waals surface area contributed by atoms with Crippen LogP contribution in [-0.2, 0) is 0 Å². The summed E-state index contributed by atoms with van der Waals surface area (Å²) in [5.41, 5.74) is 5.34. The predicted molar refractivity (Wildman–Crippen MR) is 76.3 cm³/mol. The molecule has 0 aliphatic heterocycles. The van der Waals surface area contributed by atoms with Crippen molar-refractivity contribution in [3.8, 4) is 0 Å². The van der Waals surface area contributed by atoms with Gasteiger partial charge in [0, 0.05) is 10.1 Å². The van der Waals surface area contributed by atoms with Crippen LogP contribution in [0.25, 0.3) is 10.1 Å². The SMILES string of the molecule is CC(CO)(CO)NC(=O)c1sc2ccccc2c1N. The average molecular weight is 280 g/mol. The van der Waals surface area contributed by atoms with Crippen molar-refractivity contribution in [2.24, 2.45) is 0 Å². The van der Waals surface area contributed by atoms with Crippen molar-refractivity contribution in [1.29, 1.82) is 0 Å². The molecule has 5 nitrogen and oxygen atoms in total. The van der Waals surface area contributed by atoms with E-state index in [1.54, 1.807) is 6.92 Å². The van der Waals surface area contributed by atoms with Gasteiger partial charge in [-0.25, -0.2) is 0 Å². The Morgan fingerprint density at radius 2 is 2.00 bits per heavy atom. The Morgan fingerprint density at radius 1 is 1.37 bits per heavy atom. The number of thiophene rings is 1. The maximum absolute atomic E-state index is 12.2. The van der Waals surface area contributed by atoms with Crippen LogP contribution in [0.1, 0.15) is 16.6 Å². The molecule has 1 aromatic heterocycles. The van der Waals surface area contributed by atoms with Crippen molar-refractivity contribution >= 4 is 33.0 Å². The number of aliphatic hydroxyl groups excluding tert-OH is 2. The molecule has 0 bridgehead atoms. The van der Waals surface area contributed by atoms with E-state index in [4.69, 9.17) is 5.73 Å². The molecule has 1 heterocycles. The van der Waals surface area contributed by atoms with E-state index in [1.165, 1.54) is 11.3 Å². The molecular formula is C13H16N2O3S. The lowest BCUT2D eigenvalue weighted by Gasteiger charge is -2.25. The number of carbonyl (C=O) groups is 1. The van der Waals surface area contributed by atoms with Gasteiger partial charge in [-0.1, -0.05) is 18.2 Å². The van der Waals surface area contributed by atoms with E-state index in [0.29, 0.717) is 10.6 Å². The molecule has 0 saturated carbocycles. The minimum atomic E-state index is -1.06. The zero-order valence-corrected chi connectivity index (χ0v) is 11.3.